The number of pyridine rings is 1. The highest BCUT2D eigenvalue weighted by Gasteiger charge is 2.30. The van der Waals surface area contributed by atoms with Crippen molar-refractivity contribution in [3.05, 3.63) is 70.3 Å². The van der Waals surface area contributed by atoms with Crippen LogP contribution in [0.5, 0.6) is 0 Å². The number of hydrogen-bond acceptors (Lipinski definition) is 4. The third kappa shape index (κ3) is 3.71. The Labute approximate surface area is 177 Å². The van der Waals surface area contributed by atoms with Gasteiger partial charge in [-0.15, -0.1) is 0 Å². The van der Waals surface area contributed by atoms with Gasteiger partial charge in [-0.1, -0.05) is 65.3 Å². The fraction of sp³-hybridized carbons (Fsp3) is 0.238. The van der Waals surface area contributed by atoms with Gasteiger partial charge in [0, 0.05) is 22.9 Å². The van der Waals surface area contributed by atoms with E-state index in [2.05, 4.69) is 22.5 Å². The first-order valence-corrected chi connectivity index (χ1v) is 10.6. The fourth-order valence-corrected chi connectivity index (χ4v) is 4.92. The molecule has 0 spiro atoms. The van der Waals surface area contributed by atoms with Crippen molar-refractivity contribution >= 4 is 45.7 Å². The predicted molar refractivity (Wildman–Crippen MR) is 118 cm³/mol. The van der Waals surface area contributed by atoms with E-state index < -0.39 is 5.82 Å². The van der Waals surface area contributed by atoms with Crippen molar-refractivity contribution in [3.8, 4) is 11.1 Å². The molecule has 1 N–H and O–H groups in total. The number of nitrogens with one attached hydrogen (secondary N) is 1. The Bertz CT molecular complexity index is 997. The van der Waals surface area contributed by atoms with Gasteiger partial charge in [0.2, 0.25) is 0 Å². The molecule has 2 atom stereocenters. The zero-order valence-electron chi connectivity index (χ0n) is 15.3. The van der Waals surface area contributed by atoms with Gasteiger partial charge in [0.15, 0.2) is 0 Å². The molecule has 2 aliphatic rings. The first kappa shape index (κ1) is 19.5. The number of nitrogens with zero attached hydrogens (tertiary/aromatic N) is 2. The molecule has 28 heavy (non-hydrogen) atoms. The number of aliphatic imine (C=N–C) groups is 1. The summed E-state index contributed by atoms with van der Waals surface area (Å²) in [6.45, 7) is 4.01. The summed E-state index contributed by atoms with van der Waals surface area (Å²) in [6, 6.07) is 6.67. The molecular weight excluding hydrogens is 416 g/mol. The number of halogens is 3. The third-order valence-corrected chi connectivity index (χ3v) is 6.26. The maximum Gasteiger partial charge on any atom is 0.139 e. The van der Waals surface area contributed by atoms with Gasteiger partial charge in [-0.05, 0) is 32.0 Å². The summed E-state index contributed by atoms with van der Waals surface area (Å²) in [5.41, 5.74) is 2.06. The van der Waals surface area contributed by atoms with Crippen molar-refractivity contribution in [1.82, 2.24) is 4.98 Å². The molecule has 0 bridgehead atoms. The van der Waals surface area contributed by atoms with E-state index in [9.17, 15) is 4.39 Å². The number of allylic oxidation sites excluding steroid dienone is 2. The van der Waals surface area contributed by atoms with Gasteiger partial charge in [-0.25, -0.2) is 9.37 Å². The van der Waals surface area contributed by atoms with E-state index in [1.807, 2.05) is 32.1 Å². The lowest BCUT2D eigenvalue weighted by Crippen LogP contribution is -2.13. The summed E-state index contributed by atoms with van der Waals surface area (Å²) >= 11 is 14.5. The quantitative estimate of drug-likeness (QED) is 0.568. The van der Waals surface area contributed by atoms with Crippen LogP contribution < -0.4 is 5.32 Å². The molecule has 2 unspecified atom stereocenters. The molecule has 144 valence electrons. The molecular formula is C21H18Cl2FN3S. The van der Waals surface area contributed by atoms with Gasteiger partial charge in [0.1, 0.15) is 16.0 Å². The lowest BCUT2D eigenvalue weighted by atomic mass is 10.0. The smallest absolute Gasteiger partial charge is 0.139 e. The molecule has 7 heteroatoms. The zero-order chi connectivity index (χ0) is 19.8. The van der Waals surface area contributed by atoms with Crippen LogP contribution in [0.1, 0.15) is 19.5 Å². The molecule has 1 aromatic carbocycles. The maximum absolute atomic E-state index is 14.6. The second-order valence-corrected chi connectivity index (χ2v) is 8.83. The standard InChI is InChI=1S/C21H18Cl2FN3S/c1-11(2)25-15-10-16(21-27-14-8-3-4-9-17(14)28-21)26-20(23)19(15)18-12(22)6-5-7-13(18)24/h3-11,14,17H,1-2H3,(H,25,26). The lowest BCUT2D eigenvalue weighted by molar-refractivity contribution is 0.631. The highest BCUT2D eigenvalue weighted by molar-refractivity contribution is 8.15. The summed E-state index contributed by atoms with van der Waals surface area (Å²) < 4.78 is 14.6. The number of benzene rings is 1. The van der Waals surface area contributed by atoms with Crippen molar-refractivity contribution in [2.24, 2.45) is 4.99 Å². The minimum Gasteiger partial charge on any atom is -0.382 e. The number of thioether (sulfide) groups is 1. The van der Waals surface area contributed by atoms with Gasteiger partial charge in [-0.3, -0.25) is 4.99 Å². The molecule has 0 fully saturated rings. The van der Waals surface area contributed by atoms with Gasteiger partial charge >= 0.3 is 0 Å². The third-order valence-electron chi connectivity index (χ3n) is 4.42. The summed E-state index contributed by atoms with van der Waals surface area (Å²) in [4.78, 5) is 9.31. The summed E-state index contributed by atoms with van der Waals surface area (Å²) in [5, 5.41) is 4.92. The molecule has 0 amide bonds. The maximum atomic E-state index is 14.6. The van der Waals surface area contributed by atoms with Crippen LogP contribution in [-0.4, -0.2) is 27.4 Å². The van der Waals surface area contributed by atoms with Crippen LogP contribution in [-0.2, 0) is 0 Å². The van der Waals surface area contributed by atoms with Crippen molar-refractivity contribution < 1.29 is 4.39 Å². The van der Waals surface area contributed by atoms with Gasteiger partial charge in [0.25, 0.3) is 0 Å². The van der Waals surface area contributed by atoms with E-state index in [1.165, 1.54) is 6.07 Å². The number of rotatable bonds is 4. The molecule has 2 heterocycles. The Morgan fingerprint density at radius 1 is 1.14 bits per heavy atom. The van der Waals surface area contributed by atoms with E-state index in [0.29, 0.717) is 16.9 Å². The average molecular weight is 434 g/mol. The minimum absolute atomic E-state index is 0.104. The van der Waals surface area contributed by atoms with E-state index in [0.717, 1.165) is 5.04 Å². The average Bonchev–Trinajstić information content (AvgIpc) is 3.07. The van der Waals surface area contributed by atoms with Crippen LogP contribution in [0.2, 0.25) is 10.2 Å². The van der Waals surface area contributed by atoms with Gasteiger partial charge < -0.3 is 5.32 Å². The molecule has 0 saturated heterocycles. The Morgan fingerprint density at radius 3 is 2.64 bits per heavy atom. The Kier molecular flexibility index (Phi) is 5.50. The number of anilines is 1. The lowest BCUT2D eigenvalue weighted by Gasteiger charge is -2.18. The first-order chi connectivity index (χ1) is 13.4. The first-order valence-electron chi connectivity index (χ1n) is 8.95. The molecule has 1 aliphatic carbocycles. The zero-order valence-corrected chi connectivity index (χ0v) is 17.6. The SMILES string of the molecule is CC(C)Nc1cc(C2=NC3C=CC=CC3S2)nc(Cl)c1-c1c(F)cccc1Cl. The van der Waals surface area contributed by atoms with Gasteiger partial charge in [0.05, 0.1) is 22.0 Å². The van der Waals surface area contributed by atoms with Crippen LogP contribution in [0.3, 0.4) is 0 Å². The summed E-state index contributed by atoms with van der Waals surface area (Å²) in [6.07, 6.45) is 8.24. The van der Waals surface area contributed by atoms with Gasteiger partial charge in [-0.2, -0.15) is 0 Å². The molecule has 0 radical (unpaired) electrons. The van der Waals surface area contributed by atoms with Crippen LogP contribution in [0.4, 0.5) is 10.1 Å². The number of hydrogen-bond donors (Lipinski definition) is 1. The van der Waals surface area contributed by atoms with E-state index >= 15 is 0 Å². The van der Waals surface area contributed by atoms with Crippen LogP contribution in [0.15, 0.2) is 53.6 Å². The second-order valence-electron chi connectivity index (χ2n) is 6.89. The number of aromatic nitrogens is 1. The summed E-state index contributed by atoms with van der Waals surface area (Å²) in [5.74, 6) is -0.440. The Morgan fingerprint density at radius 2 is 1.93 bits per heavy atom. The topological polar surface area (TPSA) is 37.3 Å². The van der Waals surface area contributed by atoms with Crippen molar-refractivity contribution in [2.75, 3.05) is 5.32 Å². The predicted octanol–water partition coefficient (Wildman–Crippen LogP) is 6.37. The van der Waals surface area contributed by atoms with E-state index in [1.54, 1.807) is 23.9 Å². The molecule has 1 aromatic heterocycles. The van der Waals surface area contributed by atoms with E-state index in [4.69, 9.17) is 28.2 Å². The second kappa shape index (κ2) is 7.90. The highest BCUT2D eigenvalue weighted by Crippen LogP contribution is 2.42. The largest absolute Gasteiger partial charge is 0.382 e. The molecule has 4 rings (SSSR count). The minimum atomic E-state index is -0.440. The molecule has 0 saturated carbocycles. The van der Waals surface area contributed by atoms with Crippen LogP contribution in [0.25, 0.3) is 11.1 Å². The summed E-state index contributed by atoms with van der Waals surface area (Å²) in [7, 11) is 0. The van der Waals surface area contributed by atoms with Crippen molar-refractivity contribution in [3.63, 3.8) is 0 Å². The molecule has 1 aliphatic heterocycles. The van der Waals surface area contributed by atoms with Crippen LogP contribution >= 0.6 is 35.0 Å². The molecule has 2 aromatic rings. The van der Waals surface area contributed by atoms with Crippen LogP contribution in [0, 0.1) is 5.82 Å². The molecule has 3 nitrogen and oxygen atoms in total. The fourth-order valence-electron chi connectivity index (χ4n) is 3.24. The van der Waals surface area contributed by atoms with Crippen molar-refractivity contribution in [1.29, 1.82) is 0 Å². The van der Waals surface area contributed by atoms with E-state index in [-0.39, 0.29) is 33.1 Å². The highest BCUT2D eigenvalue weighted by atomic mass is 35.5. The normalized spacial score (nSPS) is 20.4. The van der Waals surface area contributed by atoms with Crippen molar-refractivity contribution in [2.45, 2.75) is 31.2 Å². The monoisotopic (exact) mass is 433 g/mol. The Hall–Kier alpha value is -1.82. The number of fused-ring (bicyclic) bond motifs is 1. The Balaban J connectivity index is 1.83.